The van der Waals surface area contributed by atoms with Crippen LogP contribution in [0.1, 0.15) is 32.2 Å². The van der Waals surface area contributed by atoms with E-state index in [4.69, 9.17) is 0 Å². The van der Waals surface area contributed by atoms with Gasteiger partial charge in [0.05, 0.1) is 0 Å². The predicted octanol–water partition coefficient (Wildman–Crippen LogP) is 2.24. The van der Waals surface area contributed by atoms with Gasteiger partial charge in [0, 0.05) is 77.0 Å². The summed E-state index contributed by atoms with van der Waals surface area (Å²) in [7, 11) is 1.84. The lowest BCUT2D eigenvalue weighted by atomic mass is 10.2. The standard InChI is InChI=1S/C20H32N8S/c1-5-17-24-20(29-25-17)28-12-10-27(11-13-28)19(21-4)23-15-16-8-9-18(22-14-16)26(6-2)7-3/h8-9,14H,5-7,10-13,15H2,1-4H3,(H,21,23). The van der Waals surface area contributed by atoms with E-state index >= 15 is 0 Å². The number of piperazine rings is 1. The number of guanidine groups is 1. The lowest BCUT2D eigenvalue weighted by molar-refractivity contribution is 0.372. The molecule has 1 aliphatic heterocycles. The van der Waals surface area contributed by atoms with Crippen LogP contribution in [0.15, 0.2) is 23.3 Å². The van der Waals surface area contributed by atoms with E-state index in [1.807, 2.05) is 13.2 Å². The number of hydrogen-bond donors (Lipinski definition) is 1. The number of aliphatic imine (C=N–C) groups is 1. The predicted molar refractivity (Wildman–Crippen MR) is 121 cm³/mol. The van der Waals surface area contributed by atoms with Crippen molar-refractivity contribution in [3.8, 4) is 0 Å². The van der Waals surface area contributed by atoms with Crippen LogP contribution in [0.5, 0.6) is 0 Å². The number of nitrogens with zero attached hydrogens (tertiary/aromatic N) is 7. The van der Waals surface area contributed by atoms with Gasteiger partial charge in [0.15, 0.2) is 5.96 Å². The van der Waals surface area contributed by atoms with Gasteiger partial charge in [-0.1, -0.05) is 13.0 Å². The molecule has 0 radical (unpaired) electrons. The summed E-state index contributed by atoms with van der Waals surface area (Å²) in [5.41, 5.74) is 1.15. The molecular formula is C20H32N8S. The second kappa shape index (κ2) is 10.4. The van der Waals surface area contributed by atoms with Crippen LogP contribution >= 0.6 is 11.5 Å². The largest absolute Gasteiger partial charge is 0.357 e. The summed E-state index contributed by atoms with van der Waals surface area (Å²) in [5, 5.41) is 4.51. The topological polar surface area (TPSA) is 72.8 Å². The summed E-state index contributed by atoms with van der Waals surface area (Å²) in [6.45, 7) is 12.7. The maximum Gasteiger partial charge on any atom is 0.205 e. The molecule has 2 aromatic rings. The molecule has 1 N–H and O–H groups in total. The van der Waals surface area contributed by atoms with Crippen LogP contribution in [-0.4, -0.2) is 71.5 Å². The van der Waals surface area contributed by atoms with Crippen LogP contribution in [0.4, 0.5) is 10.9 Å². The summed E-state index contributed by atoms with van der Waals surface area (Å²) in [5.74, 6) is 2.90. The van der Waals surface area contributed by atoms with Crippen molar-refractivity contribution in [2.75, 3.05) is 56.1 Å². The third-order valence-corrected chi connectivity index (χ3v) is 6.00. The maximum absolute atomic E-state index is 4.61. The minimum Gasteiger partial charge on any atom is -0.357 e. The molecule has 3 rings (SSSR count). The van der Waals surface area contributed by atoms with Crippen LogP contribution in [-0.2, 0) is 13.0 Å². The van der Waals surface area contributed by atoms with Crippen LogP contribution in [0.3, 0.4) is 0 Å². The number of anilines is 2. The van der Waals surface area contributed by atoms with E-state index in [0.29, 0.717) is 6.54 Å². The molecule has 1 fully saturated rings. The molecule has 0 bridgehead atoms. The van der Waals surface area contributed by atoms with E-state index in [9.17, 15) is 0 Å². The quantitative estimate of drug-likeness (QED) is 0.548. The van der Waals surface area contributed by atoms with Crippen molar-refractivity contribution in [2.24, 2.45) is 4.99 Å². The Kier molecular flexibility index (Phi) is 7.62. The van der Waals surface area contributed by atoms with Gasteiger partial charge in [-0.3, -0.25) is 4.99 Å². The van der Waals surface area contributed by atoms with Crippen molar-refractivity contribution in [3.05, 3.63) is 29.7 Å². The first kappa shape index (κ1) is 21.3. The molecule has 0 unspecified atom stereocenters. The second-order valence-electron chi connectivity index (χ2n) is 6.92. The lowest BCUT2D eigenvalue weighted by Crippen LogP contribution is -2.52. The van der Waals surface area contributed by atoms with Gasteiger partial charge in [0.1, 0.15) is 11.6 Å². The molecule has 158 valence electrons. The molecule has 0 spiro atoms. The third kappa shape index (κ3) is 5.35. The molecule has 29 heavy (non-hydrogen) atoms. The minimum atomic E-state index is 0.717. The molecule has 2 aromatic heterocycles. The van der Waals surface area contributed by atoms with Crippen molar-refractivity contribution in [2.45, 2.75) is 33.7 Å². The first-order valence-corrected chi connectivity index (χ1v) is 11.2. The Morgan fingerprint density at radius 3 is 2.48 bits per heavy atom. The summed E-state index contributed by atoms with van der Waals surface area (Å²) >= 11 is 1.50. The van der Waals surface area contributed by atoms with Gasteiger partial charge in [-0.2, -0.15) is 4.37 Å². The summed E-state index contributed by atoms with van der Waals surface area (Å²) in [6, 6.07) is 4.23. The van der Waals surface area contributed by atoms with Crippen LogP contribution in [0.25, 0.3) is 0 Å². The number of aryl methyl sites for hydroxylation is 1. The number of rotatable bonds is 7. The van der Waals surface area contributed by atoms with Gasteiger partial charge < -0.3 is 20.0 Å². The van der Waals surface area contributed by atoms with Gasteiger partial charge in [-0.25, -0.2) is 9.97 Å². The van der Waals surface area contributed by atoms with Crippen LogP contribution in [0, 0.1) is 0 Å². The molecule has 3 heterocycles. The van der Waals surface area contributed by atoms with Crippen molar-refractivity contribution < 1.29 is 0 Å². The van der Waals surface area contributed by atoms with Crippen LogP contribution in [0.2, 0.25) is 0 Å². The molecule has 1 aliphatic rings. The third-order valence-electron chi connectivity index (χ3n) is 5.18. The molecule has 8 nitrogen and oxygen atoms in total. The Morgan fingerprint density at radius 2 is 1.93 bits per heavy atom. The van der Waals surface area contributed by atoms with E-state index in [0.717, 1.165) is 74.0 Å². The van der Waals surface area contributed by atoms with E-state index < -0.39 is 0 Å². The van der Waals surface area contributed by atoms with Crippen molar-refractivity contribution in [1.29, 1.82) is 0 Å². The molecular weight excluding hydrogens is 384 g/mol. The zero-order valence-corrected chi connectivity index (χ0v) is 18.7. The first-order valence-electron chi connectivity index (χ1n) is 10.4. The summed E-state index contributed by atoms with van der Waals surface area (Å²) in [4.78, 5) is 20.5. The van der Waals surface area contributed by atoms with Crippen molar-refractivity contribution in [1.82, 2.24) is 24.6 Å². The lowest BCUT2D eigenvalue weighted by Gasteiger charge is -2.36. The highest BCUT2D eigenvalue weighted by atomic mass is 32.1. The number of pyridine rings is 1. The van der Waals surface area contributed by atoms with E-state index in [-0.39, 0.29) is 0 Å². The Labute approximate surface area is 177 Å². The Hall–Kier alpha value is -2.42. The van der Waals surface area contributed by atoms with Gasteiger partial charge in [-0.05, 0) is 25.5 Å². The molecule has 0 aromatic carbocycles. The van der Waals surface area contributed by atoms with Gasteiger partial charge in [-0.15, -0.1) is 0 Å². The van der Waals surface area contributed by atoms with Gasteiger partial charge in [0.2, 0.25) is 5.13 Å². The zero-order valence-electron chi connectivity index (χ0n) is 17.9. The first-order chi connectivity index (χ1) is 14.2. The van der Waals surface area contributed by atoms with E-state index in [1.54, 1.807) is 0 Å². The average Bonchev–Trinajstić information content (AvgIpc) is 3.26. The van der Waals surface area contributed by atoms with Crippen molar-refractivity contribution in [3.63, 3.8) is 0 Å². The van der Waals surface area contributed by atoms with E-state index in [2.05, 4.69) is 72.3 Å². The molecule has 0 aliphatic carbocycles. The molecule has 9 heteroatoms. The zero-order chi connectivity index (χ0) is 20.6. The number of aromatic nitrogens is 3. The molecule has 0 atom stereocenters. The SMILES string of the molecule is CCc1nsc(N2CCN(C(=NC)NCc3ccc(N(CC)CC)nc3)CC2)n1. The van der Waals surface area contributed by atoms with Crippen LogP contribution < -0.4 is 15.1 Å². The Morgan fingerprint density at radius 1 is 1.17 bits per heavy atom. The normalized spacial score (nSPS) is 15.0. The fourth-order valence-corrected chi connectivity index (χ4v) is 4.20. The average molecular weight is 417 g/mol. The molecule has 0 saturated carbocycles. The van der Waals surface area contributed by atoms with Gasteiger partial charge in [0.25, 0.3) is 0 Å². The Balaban J connectivity index is 1.51. The van der Waals surface area contributed by atoms with E-state index in [1.165, 1.54) is 11.5 Å². The highest BCUT2D eigenvalue weighted by Crippen LogP contribution is 2.19. The molecule has 0 amide bonds. The summed E-state index contributed by atoms with van der Waals surface area (Å²) in [6.07, 6.45) is 2.84. The fraction of sp³-hybridized carbons (Fsp3) is 0.600. The van der Waals surface area contributed by atoms with Crippen molar-refractivity contribution >= 4 is 28.4 Å². The Bertz CT molecular complexity index is 776. The maximum atomic E-state index is 4.61. The summed E-state index contributed by atoms with van der Waals surface area (Å²) < 4.78 is 4.40. The second-order valence-corrected chi connectivity index (χ2v) is 7.65. The number of nitrogens with one attached hydrogen (secondary N) is 1. The smallest absolute Gasteiger partial charge is 0.205 e. The van der Waals surface area contributed by atoms with Gasteiger partial charge >= 0.3 is 0 Å². The fourth-order valence-electron chi connectivity index (χ4n) is 3.40. The highest BCUT2D eigenvalue weighted by Gasteiger charge is 2.22. The monoisotopic (exact) mass is 416 g/mol. The minimum absolute atomic E-state index is 0.717. The highest BCUT2D eigenvalue weighted by molar-refractivity contribution is 7.09. The molecule has 1 saturated heterocycles. The number of hydrogen-bond acceptors (Lipinski definition) is 7.